The molecule has 1 heterocycles. The van der Waals surface area contributed by atoms with Crippen molar-refractivity contribution in [3.63, 3.8) is 0 Å². The van der Waals surface area contributed by atoms with Gasteiger partial charge in [0.05, 0.1) is 18.6 Å². The van der Waals surface area contributed by atoms with Crippen LogP contribution in [0.2, 0.25) is 0 Å². The van der Waals surface area contributed by atoms with Crippen LogP contribution in [0.1, 0.15) is 10.9 Å². The van der Waals surface area contributed by atoms with Gasteiger partial charge in [-0.1, -0.05) is 30.3 Å². The lowest BCUT2D eigenvalue weighted by Crippen LogP contribution is -2.50. The van der Waals surface area contributed by atoms with Crippen LogP contribution in [0.25, 0.3) is 0 Å². The van der Waals surface area contributed by atoms with Gasteiger partial charge in [-0.15, -0.1) is 11.8 Å². The number of hydrogen-bond donors (Lipinski definition) is 1. The Morgan fingerprint density at radius 1 is 1.39 bits per heavy atom. The van der Waals surface area contributed by atoms with E-state index in [4.69, 9.17) is 5.73 Å². The predicted octanol–water partition coefficient (Wildman–Crippen LogP) is -0.662. The van der Waals surface area contributed by atoms with Crippen LogP contribution in [-0.2, 0) is 9.59 Å². The first-order valence-electron chi connectivity index (χ1n) is 5.53. The van der Waals surface area contributed by atoms with E-state index in [-0.39, 0.29) is 17.8 Å². The normalized spacial score (nSPS) is 23.1. The van der Waals surface area contributed by atoms with Gasteiger partial charge in [-0.25, -0.2) is 0 Å². The Labute approximate surface area is 109 Å². The zero-order valence-electron chi connectivity index (χ0n) is 9.61. The smallest absolute Gasteiger partial charge is 0.238 e. The van der Waals surface area contributed by atoms with Gasteiger partial charge in [0.2, 0.25) is 5.91 Å². The van der Waals surface area contributed by atoms with E-state index < -0.39 is 12.0 Å². The molecule has 1 aromatic carbocycles. The van der Waals surface area contributed by atoms with Crippen molar-refractivity contribution in [2.75, 3.05) is 12.3 Å². The highest BCUT2D eigenvalue weighted by Gasteiger charge is 2.38. The summed E-state index contributed by atoms with van der Waals surface area (Å²) in [6.45, 7) is -0.201. The molecule has 2 atom stereocenters. The maximum atomic E-state index is 11.8. The number of hydrogen-bond acceptors (Lipinski definition) is 5. The van der Waals surface area contributed by atoms with Gasteiger partial charge in [-0.05, 0) is 5.56 Å². The standard InChI is InChI=1S/C12H14N2O3S/c13-6-10(15)14-9(12(16)17)7-18-11(14)8-4-2-1-3-5-8/h1-5,9,11H,6-7,13H2,(H,16,17)/p-1/t9-,11+/m1/s1. The SMILES string of the molecule is NCC(=O)N1[C@@H](C(=O)[O-])CS[C@H]1c1ccccc1. The first-order chi connectivity index (χ1) is 8.65. The number of thioether (sulfide) groups is 1. The molecule has 1 aromatic rings. The van der Waals surface area contributed by atoms with Gasteiger partial charge in [-0.3, -0.25) is 4.79 Å². The molecule has 1 aliphatic heterocycles. The van der Waals surface area contributed by atoms with Crippen LogP contribution in [0.15, 0.2) is 30.3 Å². The van der Waals surface area contributed by atoms with Gasteiger partial charge in [0.1, 0.15) is 5.37 Å². The fourth-order valence-corrected chi connectivity index (χ4v) is 3.41. The van der Waals surface area contributed by atoms with Gasteiger partial charge in [0.25, 0.3) is 0 Å². The molecular weight excluding hydrogens is 252 g/mol. The molecule has 0 aromatic heterocycles. The molecule has 2 N–H and O–H groups in total. The summed E-state index contributed by atoms with van der Waals surface area (Å²) in [5, 5.41) is 10.7. The second-order valence-corrected chi connectivity index (χ2v) is 5.05. The van der Waals surface area contributed by atoms with E-state index in [0.717, 1.165) is 5.56 Å². The first-order valence-corrected chi connectivity index (χ1v) is 6.58. The molecule has 5 nitrogen and oxygen atoms in total. The Morgan fingerprint density at radius 3 is 2.61 bits per heavy atom. The van der Waals surface area contributed by atoms with Gasteiger partial charge in [-0.2, -0.15) is 0 Å². The predicted molar refractivity (Wildman–Crippen MR) is 66.3 cm³/mol. The van der Waals surface area contributed by atoms with E-state index in [1.807, 2.05) is 30.3 Å². The summed E-state index contributed by atoms with van der Waals surface area (Å²) >= 11 is 1.41. The maximum Gasteiger partial charge on any atom is 0.238 e. The monoisotopic (exact) mass is 265 g/mol. The van der Waals surface area contributed by atoms with Crippen molar-refractivity contribution in [3.05, 3.63) is 35.9 Å². The summed E-state index contributed by atoms with van der Waals surface area (Å²) < 4.78 is 0. The van der Waals surface area contributed by atoms with Gasteiger partial charge < -0.3 is 20.5 Å². The largest absolute Gasteiger partial charge is 0.548 e. The number of carboxylic acids is 1. The van der Waals surface area contributed by atoms with Crippen molar-refractivity contribution in [2.24, 2.45) is 5.73 Å². The Balaban J connectivity index is 2.31. The van der Waals surface area contributed by atoms with Crippen molar-refractivity contribution in [2.45, 2.75) is 11.4 Å². The Hall–Kier alpha value is -1.53. The van der Waals surface area contributed by atoms with Crippen molar-refractivity contribution in [3.8, 4) is 0 Å². The van der Waals surface area contributed by atoms with Crippen molar-refractivity contribution >= 4 is 23.6 Å². The lowest BCUT2D eigenvalue weighted by molar-refractivity contribution is -0.310. The summed E-state index contributed by atoms with van der Waals surface area (Å²) in [6.07, 6.45) is 0. The fourth-order valence-electron chi connectivity index (χ4n) is 1.97. The molecular formula is C12H13N2O3S-. The van der Waals surface area contributed by atoms with E-state index in [2.05, 4.69) is 0 Å². The minimum Gasteiger partial charge on any atom is -0.548 e. The van der Waals surface area contributed by atoms with E-state index >= 15 is 0 Å². The van der Waals surface area contributed by atoms with E-state index in [1.54, 1.807) is 0 Å². The summed E-state index contributed by atoms with van der Waals surface area (Å²) in [4.78, 5) is 24.2. The minimum atomic E-state index is -1.23. The molecule has 18 heavy (non-hydrogen) atoms. The van der Waals surface area contributed by atoms with Gasteiger partial charge in [0, 0.05) is 5.75 Å². The molecule has 1 aliphatic rings. The van der Waals surface area contributed by atoms with Crippen LogP contribution in [-0.4, -0.2) is 35.1 Å². The third-order valence-electron chi connectivity index (χ3n) is 2.82. The number of carbonyl (C=O) groups excluding carboxylic acids is 2. The first kappa shape index (κ1) is 12.9. The van der Waals surface area contributed by atoms with Crippen molar-refractivity contribution in [1.29, 1.82) is 0 Å². The molecule has 1 amide bonds. The van der Waals surface area contributed by atoms with Crippen LogP contribution in [0, 0.1) is 0 Å². The number of carbonyl (C=O) groups is 2. The van der Waals surface area contributed by atoms with Crippen LogP contribution < -0.4 is 10.8 Å². The molecule has 0 bridgehead atoms. The number of nitrogens with two attached hydrogens (primary N) is 1. The summed E-state index contributed by atoms with van der Waals surface area (Å²) in [5.41, 5.74) is 6.24. The number of benzene rings is 1. The molecule has 6 heteroatoms. The number of amides is 1. The van der Waals surface area contributed by atoms with Gasteiger partial charge in [0.15, 0.2) is 0 Å². The molecule has 0 aliphatic carbocycles. The number of carboxylic acid groups (broad SMARTS) is 1. The van der Waals surface area contributed by atoms with E-state index in [1.165, 1.54) is 16.7 Å². The van der Waals surface area contributed by atoms with Crippen molar-refractivity contribution in [1.82, 2.24) is 4.90 Å². The summed E-state index contributed by atoms with van der Waals surface area (Å²) in [5.74, 6) is -1.28. The molecule has 0 radical (unpaired) electrons. The van der Waals surface area contributed by atoms with Crippen LogP contribution in [0.3, 0.4) is 0 Å². The van der Waals surface area contributed by atoms with E-state index in [9.17, 15) is 14.7 Å². The lowest BCUT2D eigenvalue weighted by Gasteiger charge is -2.29. The maximum absolute atomic E-state index is 11.8. The third-order valence-corrected chi connectivity index (χ3v) is 4.14. The second kappa shape index (κ2) is 5.41. The number of aliphatic carboxylic acids is 1. The Morgan fingerprint density at radius 2 is 2.06 bits per heavy atom. The summed E-state index contributed by atoms with van der Waals surface area (Å²) in [6, 6.07) is 8.41. The number of rotatable bonds is 3. The summed E-state index contributed by atoms with van der Waals surface area (Å²) in [7, 11) is 0. The highest BCUT2D eigenvalue weighted by Crippen LogP contribution is 2.40. The molecule has 96 valence electrons. The lowest BCUT2D eigenvalue weighted by atomic mass is 10.1. The average molecular weight is 265 g/mol. The van der Waals surface area contributed by atoms with E-state index in [0.29, 0.717) is 5.75 Å². The van der Waals surface area contributed by atoms with Gasteiger partial charge >= 0.3 is 0 Å². The molecule has 0 spiro atoms. The molecule has 1 fully saturated rings. The molecule has 2 rings (SSSR count). The molecule has 0 saturated carbocycles. The third kappa shape index (κ3) is 2.34. The van der Waals surface area contributed by atoms with Crippen LogP contribution in [0.5, 0.6) is 0 Å². The van der Waals surface area contributed by atoms with Crippen LogP contribution >= 0.6 is 11.8 Å². The quantitative estimate of drug-likeness (QED) is 0.784. The molecule has 1 saturated heterocycles. The van der Waals surface area contributed by atoms with Crippen molar-refractivity contribution < 1.29 is 14.7 Å². The fraction of sp³-hybridized carbons (Fsp3) is 0.333. The number of nitrogens with zero attached hydrogens (tertiary/aromatic N) is 1. The molecule has 0 unspecified atom stereocenters. The highest BCUT2D eigenvalue weighted by atomic mass is 32.2. The minimum absolute atomic E-state index is 0.201. The Kier molecular flexibility index (Phi) is 3.88. The zero-order chi connectivity index (χ0) is 13.1. The average Bonchev–Trinajstić information content (AvgIpc) is 2.83. The second-order valence-electron chi connectivity index (χ2n) is 3.94. The van der Waals surface area contributed by atoms with Crippen LogP contribution in [0.4, 0.5) is 0 Å². The topological polar surface area (TPSA) is 86.5 Å². The Bertz CT molecular complexity index is 452. The highest BCUT2D eigenvalue weighted by molar-refractivity contribution is 7.99. The zero-order valence-corrected chi connectivity index (χ0v) is 10.4.